The molecule has 0 saturated carbocycles. The third-order valence-electron chi connectivity index (χ3n) is 3.79. The molecule has 0 heterocycles. The average molecular weight is 316 g/mol. The summed E-state index contributed by atoms with van der Waals surface area (Å²) in [6.45, 7) is -0.940. The minimum Gasteiger partial charge on any atom is -0.432 e. The highest BCUT2D eigenvalue weighted by Crippen LogP contribution is 2.29. The summed E-state index contributed by atoms with van der Waals surface area (Å²) < 4.78 is 42.3. The first-order chi connectivity index (χ1) is 11.1. The number of alkyl halides is 2. The van der Waals surface area contributed by atoms with Crippen LogP contribution in [0, 0.1) is 5.82 Å². The van der Waals surface area contributed by atoms with Crippen molar-refractivity contribution in [3.05, 3.63) is 66.0 Å². The van der Waals surface area contributed by atoms with Crippen LogP contribution in [0.4, 0.5) is 13.2 Å². The van der Waals surface area contributed by atoms with Crippen molar-refractivity contribution in [3.63, 3.8) is 0 Å². The van der Waals surface area contributed by atoms with Gasteiger partial charge in [-0.25, -0.2) is 4.39 Å². The van der Waals surface area contributed by atoms with Crippen molar-refractivity contribution < 1.29 is 17.9 Å². The van der Waals surface area contributed by atoms with Crippen LogP contribution < -0.4 is 4.74 Å². The minimum absolute atomic E-state index is 0.447. The van der Waals surface area contributed by atoms with Gasteiger partial charge in [0.15, 0.2) is 11.6 Å². The normalized spacial score (nSPS) is 11.2. The SMILES string of the molecule is CCc1ccc2cc(-c3ccc(OC(F)F)c(F)c3)ccc2c1. The molecule has 4 heteroatoms. The first kappa shape index (κ1) is 15.4. The fourth-order valence-electron chi connectivity index (χ4n) is 2.57. The van der Waals surface area contributed by atoms with Gasteiger partial charge in [-0.15, -0.1) is 0 Å². The van der Waals surface area contributed by atoms with Crippen LogP contribution >= 0.6 is 0 Å². The number of fused-ring (bicyclic) bond motifs is 1. The lowest BCUT2D eigenvalue weighted by Gasteiger charge is -2.09. The third-order valence-corrected chi connectivity index (χ3v) is 3.79. The molecule has 0 N–H and O–H groups in total. The Labute approximate surface area is 132 Å². The van der Waals surface area contributed by atoms with E-state index in [1.165, 1.54) is 17.7 Å². The Balaban J connectivity index is 1.98. The van der Waals surface area contributed by atoms with Gasteiger partial charge >= 0.3 is 6.61 Å². The third kappa shape index (κ3) is 3.31. The number of ether oxygens (including phenoxy) is 1. The van der Waals surface area contributed by atoms with E-state index in [1.807, 2.05) is 24.3 Å². The van der Waals surface area contributed by atoms with E-state index < -0.39 is 18.2 Å². The molecule has 118 valence electrons. The molecule has 0 atom stereocenters. The molecule has 0 radical (unpaired) electrons. The molecule has 0 bridgehead atoms. The van der Waals surface area contributed by atoms with Crippen molar-refractivity contribution in [3.8, 4) is 16.9 Å². The summed E-state index contributed by atoms with van der Waals surface area (Å²) in [4.78, 5) is 0. The van der Waals surface area contributed by atoms with Crippen LogP contribution in [0.2, 0.25) is 0 Å². The lowest BCUT2D eigenvalue weighted by molar-refractivity contribution is -0.0521. The Morgan fingerprint density at radius 1 is 0.870 bits per heavy atom. The fourth-order valence-corrected chi connectivity index (χ4v) is 2.57. The van der Waals surface area contributed by atoms with Gasteiger partial charge in [0.25, 0.3) is 0 Å². The lowest BCUT2D eigenvalue weighted by atomic mass is 9.99. The molecule has 0 unspecified atom stereocenters. The summed E-state index contributed by atoms with van der Waals surface area (Å²) in [5.74, 6) is -1.25. The molecule has 3 aromatic carbocycles. The van der Waals surface area contributed by atoms with Crippen LogP contribution in [0.5, 0.6) is 5.75 Å². The number of hydrogen-bond donors (Lipinski definition) is 0. The first-order valence-electron chi connectivity index (χ1n) is 7.34. The van der Waals surface area contributed by atoms with E-state index in [-0.39, 0.29) is 0 Å². The van der Waals surface area contributed by atoms with Crippen LogP contribution in [0.25, 0.3) is 21.9 Å². The molecule has 0 aliphatic carbocycles. The predicted molar refractivity (Wildman–Crippen MR) is 85.4 cm³/mol. The second kappa shape index (κ2) is 6.32. The van der Waals surface area contributed by atoms with Gasteiger partial charge in [0, 0.05) is 0 Å². The Hall–Kier alpha value is -2.49. The van der Waals surface area contributed by atoms with Crippen molar-refractivity contribution in [2.45, 2.75) is 20.0 Å². The van der Waals surface area contributed by atoms with E-state index in [2.05, 4.69) is 23.8 Å². The maximum absolute atomic E-state index is 13.9. The monoisotopic (exact) mass is 316 g/mol. The van der Waals surface area contributed by atoms with E-state index in [9.17, 15) is 13.2 Å². The molecule has 0 aliphatic rings. The highest BCUT2D eigenvalue weighted by Gasteiger charge is 2.11. The zero-order chi connectivity index (χ0) is 16.4. The highest BCUT2D eigenvalue weighted by molar-refractivity contribution is 5.87. The molecular formula is C19H15F3O. The second-order valence-corrected chi connectivity index (χ2v) is 5.27. The topological polar surface area (TPSA) is 9.23 Å². The maximum atomic E-state index is 13.9. The number of aryl methyl sites for hydroxylation is 1. The molecule has 0 spiro atoms. The standard InChI is InChI=1S/C19H15F3O/c1-2-12-3-4-14-10-15(6-5-13(14)9-12)16-7-8-18(17(20)11-16)23-19(21)22/h3-11,19H,2H2,1H3. The van der Waals surface area contributed by atoms with Crippen molar-refractivity contribution in [1.29, 1.82) is 0 Å². The molecule has 0 saturated heterocycles. The molecule has 23 heavy (non-hydrogen) atoms. The van der Waals surface area contributed by atoms with Crippen molar-refractivity contribution in [2.24, 2.45) is 0 Å². The number of halogens is 3. The Kier molecular flexibility index (Phi) is 4.24. The van der Waals surface area contributed by atoms with Crippen molar-refractivity contribution >= 4 is 10.8 Å². The Bertz CT molecular complexity index is 843. The second-order valence-electron chi connectivity index (χ2n) is 5.27. The molecular weight excluding hydrogens is 301 g/mol. The zero-order valence-electron chi connectivity index (χ0n) is 12.5. The number of hydrogen-bond acceptors (Lipinski definition) is 1. The fraction of sp³-hybridized carbons (Fsp3) is 0.158. The molecule has 3 aromatic rings. The summed E-state index contributed by atoms with van der Waals surface area (Å²) >= 11 is 0. The maximum Gasteiger partial charge on any atom is 0.387 e. The van der Waals surface area contributed by atoms with Gasteiger partial charge in [0.05, 0.1) is 0 Å². The largest absolute Gasteiger partial charge is 0.432 e. The van der Waals surface area contributed by atoms with E-state index in [1.54, 1.807) is 6.07 Å². The minimum atomic E-state index is -3.04. The van der Waals surface area contributed by atoms with E-state index >= 15 is 0 Å². The van der Waals surface area contributed by atoms with Gasteiger partial charge in [-0.2, -0.15) is 8.78 Å². The highest BCUT2D eigenvalue weighted by atomic mass is 19.3. The van der Waals surface area contributed by atoms with Crippen LogP contribution in [0.3, 0.4) is 0 Å². The van der Waals surface area contributed by atoms with Gasteiger partial charge in [-0.05, 0) is 52.1 Å². The van der Waals surface area contributed by atoms with Gasteiger partial charge in [0.2, 0.25) is 0 Å². The zero-order valence-corrected chi connectivity index (χ0v) is 12.5. The van der Waals surface area contributed by atoms with Gasteiger partial charge in [-0.3, -0.25) is 0 Å². The van der Waals surface area contributed by atoms with E-state index in [0.29, 0.717) is 5.56 Å². The van der Waals surface area contributed by atoms with Crippen LogP contribution in [-0.4, -0.2) is 6.61 Å². The summed E-state index contributed by atoms with van der Waals surface area (Å²) in [5.41, 5.74) is 2.69. The summed E-state index contributed by atoms with van der Waals surface area (Å²) in [7, 11) is 0. The van der Waals surface area contributed by atoms with Gasteiger partial charge in [-0.1, -0.05) is 43.3 Å². The molecule has 0 aliphatic heterocycles. The van der Waals surface area contributed by atoms with Crippen LogP contribution in [0.1, 0.15) is 12.5 Å². The van der Waals surface area contributed by atoms with Gasteiger partial charge in [0.1, 0.15) is 0 Å². The first-order valence-corrected chi connectivity index (χ1v) is 7.34. The summed E-state index contributed by atoms with van der Waals surface area (Å²) in [6.07, 6.45) is 0.967. The van der Waals surface area contributed by atoms with E-state index in [0.717, 1.165) is 22.8 Å². The Morgan fingerprint density at radius 2 is 1.52 bits per heavy atom. The molecule has 0 aromatic heterocycles. The van der Waals surface area contributed by atoms with Crippen molar-refractivity contribution in [2.75, 3.05) is 0 Å². The predicted octanol–water partition coefficient (Wildman–Crippen LogP) is 5.81. The van der Waals surface area contributed by atoms with Crippen LogP contribution in [0.15, 0.2) is 54.6 Å². The molecule has 3 rings (SSSR count). The van der Waals surface area contributed by atoms with Gasteiger partial charge < -0.3 is 4.74 Å². The van der Waals surface area contributed by atoms with Crippen LogP contribution in [-0.2, 0) is 6.42 Å². The molecule has 0 amide bonds. The number of benzene rings is 3. The smallest absolute Gasteiger partial charge is 0.387 e. The molecule has 0 fully saturated rings. The van der Waals surface area contributed by atoms with E-state index in [4.69, 9.17) is 0 Å². The lowest BCUT2D eigenvalue weighted by Crippen LogP contribution is -2.03. The summed E-state index contributed by atoms with van der Waals surface area (Å²) in [5, 5.41) is 2.17. The summed E-state index contributed by atoms with van der Waals surface area (Å²) in [6, 6.07) is 16.0. The average Bonchev–Trinajstić information content (AvgIpc) is 2.55. The quantitative estimate of drug-likeness (QED) is 0.590. The van der Waals surface area contributed by atoms with Crippen molar-refractivity contribution in [1.82, 2.24) is 0 Å². The Morgan fingerprint density at radius 3 is 2.22 bits per heavy atom. The number of rotatable bonds is 4. The molecule has 1 nitrogen and oxygen atoms in total.